The first kappa shape index (κ1) is 14.4. The molecule has 0 saturated heterocycles. The monoisotopic (exact) mass is 286 g/mol. The third-order valence-electron chi connectivity index (χ3n) is 2.54. The molecule has 0 fully saturated rings. The Kier molecular flexibility index (Phi) is 4.40. The van der Waals surface area contributed by atoms with E-state index in [-0.39, 0.29) is 11.5 Å². The van der Waals surface area contributed by atoms with Crippen LogP contribution in [0.2, 0.25) is 0 Å². The van der Waals surface area contributed by atoms with E-state index < -0.39 is 11.9 Å². The zero-order chi connectivity index (χ0) is 15.2. The standard InChI is InChI=1S/C15H11FN2O3/c16-11-4-1-10(2-5-11)3-6-14(19)18-12-7-8-17-13(9-12)15(20)21/h1-9H,(H,20,21)(H,17,18,19). The number of carboxylic acid groups (broad SMARTS) is 1. The Morgan fingerprint density at radius 2 is 1.90 bits per heavy atom. The predicted molar refractivity (Wildman–Crippen MR) is 75.3 cm³/mol. The van der Waals surface area contributed by atoms with Crippen LogP contribution in [0.25, 0.3) is 6.08 Å². The lowest BCUT2D eigenvalue weighted by atomic mass is 10.2. The minimum atomic E-state index is -1.17. The number of anilines is 1. The van der Waals surface area contributed by atoms with Crippen LogP contribution in [0.5, 0.6) is 0 Å². The number of pyridine rings is 1. The van der Waals surface area contributed by atoms with Gasteiger partial charge in [0.25, 0.3) is 0 Å². The summed E-state index contributed by atoms with van der Waals surface area (Å²) in [6.07, 6.45) is 4.09. The van der Waals surface area contributed by atoms with E-state index in [2.05, 4.69) is 10.3 Å². The van der Waals surface area contributed by atoms with E-state index in [9.17, 15) is 14.0 Å². The van der Waals surface area contributed by atoms with Crippen LogP contribution in [-0.2, 0) is 4.79 Å². The van der Waals surface area contributed by atoms with Crippen molar-refractivity contribution in [1.82, 2.24) is 4.98 Å². The van der Waals surface area contributed by atoms with Gasteiger partial charge in [-0.15, -0.1) is 0 Å². The SMILES string of the molecule is O=C(C=Cc1ccc(F)cc1)Nc1ccnc(C(=O)O)c1. The van der Waals surface area contributed by atoms with E-state index >= 15 is 0 Å². The molecule has 0 spiro atoms. The van der Waals surface area contributed by atoms with Gasteiger partial charge in [-0.05, 0) is 35.9 Å². The quantitative estimate of drug-likeness (QED) is 0.847. The number of nitrogens with one attached hydrogen (secondary N) is 1. The molecule has 2 rings (SSSR count). The lowest BCUT2D eigenvalue weighted by molar-refractivity contribution is -0.111. The normalized spacial score (nSPS) is 10.5. The number of rotatable bonds is 4. The van der Waals surface area contributed by atoms with Gasteiger partial charge in [0.05, 0.1) is 0 Å². The molecule has 1 aromatic heterocycles. The average Bonchev–Trinajstić information content (AvgIpc) is 2.47. The highest BCUT2D eigenvalue weighted by Gasteiger charge is 2.06. The first-order chi connectivity index (χ1) is 10.0. The van der Waals surface area contributed by atoms with Gasteiger partial charge in [0, 0.05) is 18.0 Å². The number of halogens is 1. The lowest BCUT2D eigenvalue weighted by Gasteiger charge is -2.02. The molecule has 106 valence electrons. The summed E-state index contributed by atoms with van der Waals surface area (Å²) in [5, 5.41) is 11.3. The van der Waals surface area contributed by atoms with Crippen LogP contribution < -0.4 is 5.32 Å². The van der Waals surface area contributed by atoms with Crippen LogP contribution in [0.3, 0.4) is 0 Å². The van der Waals surface area contributed by atoms with E-state index in [1.807, 2.05) is 0 Å². The highest BCUT2D eigenvalue weighted by Crippen LogP contribution is 2.09. The molecule has 0 unspecified atom stereocenters. The van der Waals surface area contributed by atoms with E-state index in [0.717, 1.165) is 0 Å². The van der Waals surface area contributed by atoms with Crippen LogP contribution in [0.4, 0.5) is 10.1 Å². The Bertz CT molecular complexity index is 696. The molecule has 6 heteroatoms. The third-order valence-corrected chi connectivity index (χ3v) is 2.54. The van der Waals surface area contributed by atoms with Gasteiger partial charge in [-0.2, -0.15) is 0 Å². The van der Waals surface area contributed by atoms with Crippen LogP contribution in [0, 0.1) is 5.82 Å². The van der Waals surface area contributed by atoms with Crippen molar-refractivity contribution in [1.29, 1.82) is 0 Å². The molecule has 1 amide bonds. The molecule has 0 atom stereocenters. The number of carboxylic acids is 1. The summed E-state index contributed by atoms with van der Waals surface area (Å²) < 4.78 is 12.7. The molecule has 21 heavy (non-hydrogen) atoms. The summed E-state index contributed by atoms with van der Waals surface area (Å²) >= 11 is 0. The minimum absolute atomic E-state index is 0.157. The van der Waals surface area contributed by atoms with Gasteiger partial charge in [-0.1, -0.05) is 12.1 Å². The third kappa shape index (κ3) is 4.24. The molecule has 1 heterocycles. The van der Waals surface area contributed by atoms with Crippen molar-refractivity contribution in [3.63, 3.8) is 0 Å². The molecule has 0 bridgehead atoms. The number of carbonyl (C=O) groups is 2. The molecular weight excluding hydrogens is 275 g/mol. The maximum absolute atomic E-state index is 12.7. The van der Waals surface area contributed by atoms with Crippen molar-refractivity contribution >= 4 is 23.6 Å². The fourth-order valence-corrected chi connectivity index (χ4v) is 1.55. The van der Waals surface area contributed by atoms with Crippen molar-refractivity contribution in [3.8, 4) is 0 Å². The number of carbonyl (C=O) groups excluding carboxylic acids is 1. The first-order valence-electron chi connectivity index (χ1n) is 5.98. The number of amides is 1. The van der Waals surface area contributed by atoms with Crippen molar-refractivity contribution in [2.45, 2.75) is 0 Å². The van der Waals surface area contributed by atoms with Crippen molar-refractivity contribution in [2.75, 3.05) is 5.32 Å². The summed E-state index contributed by atoms with van der Waals surface area (Å²) in [6.45, 7) is 0. The van der Waals surface area contributed by atoms with E-state index in [1.54, 1.807) is 0 Å². The highest BCUT2D eigenvalue weighted by atomic mass is 19.1. The largest absolute Gasteiger partial charge is 0.477 e. The average molecular weight is 286 g/mol. The highest BCUT2D eigenvalue weighted by molar-refractivity contribution is 6.02. The Morgan fingerprint density at radius 1 is 1.19 bits per heavy atom. The fourth-order valence-electron chi connectivity index (χ4n) is 1.55. The summed E-state index contributed by atoms with van der Waals surface area (Å²) in [5.74, 6) is -1.95. The molecule has 0 aliphatic carbocycles. The van der Waals surface area contributed by atoms with Crippen molar-refractivity contribution < 1.29 is 19.1 Å². The fraction of sp³-hybridized carbons (Fsp3) is 0. The number of benzene rings is 1. The zero-order valence-electron chi connectivity index (χ0n) is 10.8. The second-order valence-electron chi connectivity index (χ2n) is 4.11. The molecule has 1 aromatic carbocycles. The Labute approximate surface area is 119 Å². The zero-order valence-corrected chi connectivity index (χ0v) is 10.8. The molecule has 0 aliphatic heterocycles. The smallest absolute Gasteiger partial charge is 0.354 e. The van der Waals surface area contributed by atoms with Crippen molar-refractivity contribution in [3.05, 3.63) is 65.7 Å². The molecule has 0 aliphatic rings. The maximum Gasteiger partial charge on any atom is 0.354 e. The molecule has 2 aromatic rings. The Balaban J connectivity index is 2.03. The summed E-state index contributed by atoms with van der Waals surface area (Å²) in [6, 6.07) is 8.39. The van der Waals surface area contributed by atoms with Gasteiger partial charge in [0.15, 0.2) is 0 Å². The van der Waals surface area contributed by atoms with E-state index in [0.29, 0.717) is 11.3 Å². The van der Waals surface area contributed by atoms with Crippen LogP contribution in [0.1, 0.15) is 16.1 Å². The van der Waals surface area contributed by atoms with Crippen LogP contribution in [-0.4, -0.2) is 22.0 Å². The summed E-state index contributed by atoms with van der Waals surface area (Å²) in [4.78, 5) is 26.1. The maximum atomic E-state index is 12.7. The first-order valence-corrected chi connectivity index (χ1v) is 5.98. The summed E-state index contributed by atoms with van der Waals surface area (Å²) in [7, 11) is 0. The van der Waals surface area contributed by atoms with Crippen molar-refractivity contribution in [2.24, 2.45) is 0 Å². The lowest BCUT2D eigenvalue weighted by Crippen LogP contribution is -2.09. The molecule has 2 N–H and O–H groups in total. The number of hydrogen-bond acceptors (Lipinski definition) is 3. The van der Waals surface area contributed by atoms with Crippen LogP contribution >= 0.6 is 0 Å². The Hall–Kier alpha value is -3.02. The predicted octanol–water partition coefficient (Wildman–Crippen LogP) is 2.57. The van der Waals surface area contributed by atoms with E-state index in [4.69, 9.17) is 5.11 Å². The molecule has 5 nitrogen and oxygen atoms in total. The number of hydrogen-bond donors (Lipinski definition) is 2. The van der Waals surface area contributed by atoms with Gasteiger partial charge in [-0.3, -0.25) is 4.79 Å². The number of aromatic nitrogens is 1. The second kappa shape index (κ2) is 6.42. The van der Waals surface area contributed by atoms with E-state index in [1.165, 1.54) is 54.7 Å². The second-order valence-corrected chi connectivity index (χ2v) is 4.11. The number of aromatic carboxylic acids is 1. The topological polar surface area (TPSA) is 79.3 Å². The Morgan fingerprint density at radius 3 is 2.57 bits per heavy atom. The minimum Gasteiger partial charge on any atom is -0.477 e. The van der Waals surface area contributed by atoms with Gasteiger partial charge < -0.3 is 10.4 Å². The van der Waals surface area contributed by atoms with Crippen LogP contribution in [0.15, 0.2) is 48.7 Å². The van der Waals surface area contributed by atoms with Gasteiger partial charge in [0.1, 0.15) is 11.5 Å². The molecular formula is C15H11FN2O3. The van der Waals surface area contributed by atoms with Gasteiger partial charge in [-0.25, -0.2) is 14.2 Å². The summed E-state index contributed by atoms with van der Waals surface area (Å²) in [5.41, 5.74) is 0.846. The number of nitrogens with zero attached hydrogens (tertiary/aromatic N) is 1. The van der Waals surface area contributed by atoms with Gasteiger partial charge >= 0.3 is 5.97 Å². The van der Waals surface area contributed by atoms with Gasteiger partial charge in [0.2, 0.25) is 5.91 Å². The molecule has 0 saturated carbocycles. The molecule has 0 radical (unpaired) electrons.